The molecular formula is C17H34O2. The summed E-state index contributed by atoms with van der Waals surface area (Å²) in [6.45, 7) is 5.29. The van der Waals surface area contributed by atoms with E-state index in [0.29, 0.717) is 25.0 Å². The Morgan fingerprint density at radius 3 is 1.89 bits per heavy atom. The van der Waals surface area contributed by atoms with Gasteiger partial charge in [0.2, 0.25) is 0 Å². The van der Waals surface area contributed by atoms with Crippen LogP contribution >= 0.6 is 0 Å². The summed E-state index contributed by atoms with van der Waals surface area (Å²) in [5.74, 6) is 2.90. The summed E-state index contributed by atoms with van der Waals surface area (Å²) in [5.41, 5.74) is 0. The normalized spacial score (nSPS) is 30.3. The summed E-state index contributed by atoms with van der Waals surface area (Å²) >= 11 is 0. The lowest BCUT2D eigenvalue weighted by atomic mass is 9.77. The molecule has 0 aliphatic heterocycles. The van der Waals surface area contributed by atoms with Crippen LogP contribution in [0.4, 0.5) is 0 Å². The van der Waals surface area contributed by atoms with Crippen LogP contribution in [0.1, 0.15) is 71.6 Å². The topological polar surface area (TPSA) is 40.5 Å². The SMILES string of the molecule is CC1CCC([C@H](C)CO)CC1.OCC1CCCCC1. The largest absolute Gasteiger partial charge is 0.396 e. The van der Waals surface area contributed by atoms with Gasteiger partial charge in [-0.3, -0.25) is 0 Å². The monoisotopic (exact) mass is 270 g/mol. The molecule has 114 valence electrons. The van der Waals surface area contributed by atoms with Crippen LogP contribution in [0.25, 0.3) is 0 Å². The van der Waals surface area contributed by atoms with E-state index in [4.69, 9.17) is 10.2 Å². The summed E-state index contributed by atoms with van der Waals surface area (Å²) in [7, 11) is 0. The fourth-order valence-electron chi connectivity index (χ4n) is 3.37. The third-order valence-corrected chi connectivity index (χ3v) is 5.14. The van der Waals surface area contributed by atoms with Crippen LogP contribution in [0.15, 0.2) is 0 Å². The van der Waals surface area contributed by atoms with E-state index in [2.05, 4.69) is 13.8 Å². The third-order valence-electron chi connectivity index (χ3n) is 5.14. The van der Waals surface area contributed by atoms with Gasteiger partial charge >= 0.3 is 0 Å². The Balaban J connectivity index is 0.000000200. The zero-order valence-electron chi connectivity index (χ0n) is 13.0. The maximum absolute atomic E-state index is 8.95. The second-order valence-corrected chi connectivity index (χ2v) is 6.87. The van der Waals surface area contributed by atoms with Crippen molar-refractivity contribution >= 4 is 0 Å². The van der Waals surface area contributed by atoms with E-state index >= 15 is 0 Å². The van der Waals surface area contributed by atoms with E-state index in [-0.39, 0.29) is 0 Å². The lowest BCUT2D eigenvalue weighted by Gasteiger charge is -2.29. The highest BCUT2D eigenvalue weighted by Gasteiger charge is 2.22. The number of rotatable bonds is 3. The molecule has 19 heavy (non-hydrogen) atoms. The van der Waals surface area contributed by atoms with E-state index in [1.54, 1.807) is 0 Å². The standard InChI is InChI=1S/C10H20O.C7H14O/c1-8-3-5-10(6-4-8)9(2)7-11;8-6-7-4-2-1-3-5-7/h8-11H,3-7H2,1-2H3;7-8H,1-6H2/t8?,9-,10?;/m1./s1. The molecule has 2 N–H and O–H groups in total. The van der Waals surface area contributed by atoms with Gasteiger partial charge in [-0.05, 0) is 49.4 Å². The van der Waals surface area contributed by atoms with Crippen molar-refractivity contribution in [3.8, 4) is 0 Å². The molecule has 0 saturated heterocycles. The van der Waals surface area contributed by atoms with Crippen molar-refractivity contribution in [3.63, 3.8) is 0 Å². The van der Waals surface area contributed by atoms with Crippen LogP contribution in [-0.2, 0) is 0 Å². The highest BCUT2D eigenvalue weighted by Crippen LogP contribution is 2.32. The molecule has 2 saturated carbocycles. The second-order valence-electron chi connectivity index (χ2n) is 6.87. The van der Waals surface area contributed by atoms with Crippen molar-refractivity contribution in [1.82, 2.24) is 0 Å². The molecule has 0 unspecified atom stereocenters. The average molecular weight is 270 g/mol. The summed E-state index contributed by atoms with van der Waals surface area (Å²) in [6.07, 6.45) is 12.0. The van der Waals surface area contributed by atoms with Gasteiger partial charge in [-0.2, -0.15) is 0 Å². The number of aliphatic hydroxyl groups excluding tert-OH is 2. The molecule has 2 nitrogen and oxygen atoms in total. The Morgan fingerprint density at radius 1 is 0.895 bits per heavy atom. The molecule has 2 heteroatoms. The zero-order chi connectivity index (χ0) is 14.1. The maximum Gasteiger partial charge on any atom is 0.0459 e. The maximum atomic E-state index is 8.95. The molecule has 2 fully saturated rings. The molecule has 2 rings (SSSR count). The number of hydrogen-bond acceptors (Lipinski definition) is 2. The van der Waals surface area contributed by atoms with Crippen molar-refractivity contribution in [3.05, 3.63) is 0 Å². The Labute approximate surface area is 119 Å². The quantitative estimate of drug-likeness (QED) is 0.814. The van der Waals surface area contributed by atoms with E-state index in [1.165, 1.54) is 57.8 Å². The first-order chi connectivity index (χ1) is 9.17. The van der Waals surface area contributed by atoms with Gasteiger partial charge in [-0.15, -0.1) is 0 Å². The van der Waals surface area contributed by atoms with Crippen LogP contribution in [0.2, 0.25) is 0 Å². The van der Waals surface area contributed by atoms with Gasteiger partial charge in [0.1, 0.15) is 0 Å². The molecule has 0 radical (unpaired) electrons. The lowest BCUT2D eigenvalue weighted by molar-refractivity contribution is 0.147. The zero-order valence-corrected chi connectivity index (χ0v) is 13.0. The van der Waals surface area contributed by atoms with Crippen LogP contribution in [-0.4, -0.2) is 23.4 Å². The van der Waals surface area contributed by atoms with Gasteiger partial charge in [0.05, 0.1) is 0 Å². The van der Waals surface area contributed by atoms with E-state index < -0.39 is 0 Å². The molecule has 0 heterocycles. The van der Waals surface area contributed by atoms with Gasteiger partial charge in [-0.1, -0.05) is 46.0 Å². The third kappa shape index (κ3) is 6.76. The molecule has 0 bridgehead atoms. The molecule has 0 aromatic rings. The number of aliphatic hydroxyl groups is 2. The van der Waals surface area contributed by atoms with E-state index in [9.17, 15) is 0 Å². The molecule has 0 amide bonds. The molecule has 0 spiro atoms. The van der Waals surface area contributed by atoms with Crippen LogP contribution < -0.4 is 0 Å². The van der Waals surface area contributed by atoms with Gasteiger partial charge in [-0.25, -0.2) is 0 Å². The van der Waals surface area contributed by atoms with Crippen molar-refractivity contribution in [1.29, 1.82) is 0 Å². The average Bonchev–Trinajstić information content (AvgIpc) is 2.48. The Hall–Kier alpha value is -0.0800. The highest BCUT2D eigenvalue weighted by atomic mass is 16.3. The van der Waals surface area contributed by atoms with Crippen molar-refractivity contribution in [2.75, 3.05) is 13.2 Å². The smallest absolute Gasteiger partial charge is 0.0459 e. The Bertz CT molecular complexity index is 203. The minimum atomic E-state index is 0.374. The first kappa shape index (κ1) is 17.0. The molecule has 2 aliphatic rings. The minimum Gasteiger partial charge on any atom is -0.396 e. The molecule has 0 aromatic carbocycles. The van der Waals surface area contributed by atoms with Crippen LogP contribution in [0.3, 0.4) is 0 Å². The summed E-state index contributed by atoms with van der Waals surface area (Å²) < 4.78 is 0. The fourth-order valence-corrected chi connectivity index (χ4v) is 3.37. The summed E-state index contributed by atoms with van der Waals surface area (Å²) in [4.78, 5) is 0. The summed E-state index contributed by atoms with van der Waals surface area (Å²) in [6, 6.07) is 0. The predicted molar refractivity (Wildman–Crippen MR) is 81.0 cm³/mol. The van der Waals surface area contributed by atoms with Gasteiger partial charge in [0.25, 0.3) is 0 Å². The lowest BCUT2D eigenvalue weighted by Crippen LogP contribution is -2.21. The molecule has 0 aromatic heterocycles. The van der Waals surface area contributed by atoms with Gasteiger partial charge < -0.3 is 10.2 Å². The van der Waals surface area contributed by atoms with E-state index in [0.717, 1.165) is 11.8 Å². The van der Waals surface area contributed by atoms with Gasteiger partial charge in [0.15, 0.2) is 0 Å². The minimum absolute atomic E-state index is 0.374. The Kier molecular flexibility index (Phi) is 8.72. The first-order valence-electron chi connectivity index (χ1n) is 8.39. The Morgan fingerprint density at radius 2 is 1.47 bits per heavy atom. The molecule has 2 aliphatic carbocycles. The number of hydrogen-bond donors (Lipinski definition) is 2. The summed E-state index contributed by atoms with van der Waals surface area (Å²) in [5, 5.41) is 17.6. The second kappa shape index (κ2) is 9.77. The van der Waals surface area contributed by atoms with Crippen molar-refractivity contribution < 1.29 is 10.2 Å². The highest BCUT2D eigenvalue weighted by molar-refractivity contribution is 4.73. The van der Waals surface area contributed by atoms with Crippen molar-refractivity contribution in [2.45, 2.75) is 71.6 Å². The van der Waals surface area contributed by atoms with E-state index in [1.807, 2.05) is 0 Å². The first-order valence-corrected chi connectivity index (χ1v) is 8.39. The van der Waals surface area contributed by atoms with Crippen LogP contribution in [0, 0.1) is 23.7 Å². The van der Waals surface area contributed by atoms with Gasteiger partial charge in [0, 0.05) is 13.2 Å². The predicted octanol–water partition coefficient (Wildman–Crippen LogP) is 4.00. The van der Waals surface area contributed by atoms with Crippen molar-refractivity contribution in [2.24, 2.45) is 23.7 Å². The van der Waals surface area contributed by atoms with Crippen LogP contribution in [0.5, 0.6) is 0 Å². The fraction of sp³-hybridized carbons (Fsp3) is 1.00. The molecule has 1 atom stereocenters. The molecular weight excluding hydrogens is 236 g/mol.